The van der Waals surface area contributed by atoms with E-state index in [-0.39, 0.29) is 17.0 Å². The number of anilines is 1. The molecule has 1 aromatic heterocycles. The van der Waals surface area contributed by atoms with E-state index in [1.54, 1.807) is 0 Å². The van der Waals surface area contributed by atoms with Gasteiger partial charge < -0.3 is 10.6 Å². The fourth-order valence-electron chi connectivity index (χ4n) is 1.33. The third-order valence-corrected chi connectivity index (χ3v) is 3.70. The van der Waals surface area contributed by atoms with Crippen molar-refractivity contribution in [3.05, 3.63) is 10.0 Å². The van der Waals surface area contributed by atoms with Gasteiger partial charge in [-0.3, -0.25) is 9.59 Å². The lowest BCUT2D eigenvalue weighted by atomic mass is 10.0. The molecule has 2 heterocycles. The van der Waals surface area contributed by atoms with Gasteiger partial charge in [-0.2, -0.15) is 0 Å². The van der Waals surface area contributed by atoms with Crippen molar-refractivity contribution in [1.29, 1.82) is 0 Å². The zero-order valence-electron chi connectivity index (χ0n) is 7.64. The maximum absolute atomic E-state index is 10.8. The minimum absolute atomic E-state index is 0.118. The summed E-state index contributed by atoms with van der Waals surface area (Å²) >= 11 is 6.94. The van der Waals surface area contributed by atoms with Gasteiger partial charge in [0.15, 0.2) is 16.6 Å². The highest BCUT2D eigenvalue weighted by molar-refractivity contribution is 7.17. The molecule has 1 aromatic rings. The number of thiazole rings is 1. The topological polar surface area (TPSA) is 76.3 Å². The van der Waals surface area contributed by atoms with Crippen molar-refractivity contribution < 1.29 is 9.59 Å². The van der Waals surface area contributed by atoms with Gasteiger partial charge >= 0.3 is 0 Å². The van der Waals surface area contributed by atoms with E-state index in [0.717, 1.165) is 0 Å². The van der Waals surface area contributed by atoms with E-state index in [0.29, 0.717) is 29.4 Å². The Balaban J connectivity index is 2.07. The monoisotopic (exact) mass is 245 g/mol. The molecule has 1 saturated heterocycles. The van der Waals surface area contributed by atoms with Crippen molar-refractivity contribution in [2.75, 3.05) is 18.0 Å². The Morgan fingerprint density at radius 3 is 2.80 bits per heavy atom. The standard InChI is InChI=1S/C8H8ClN3O2S/c9-6-5(3-13)15-8(11-6)12-1-4(2-12)7(10)14/h3-4H,1-2H2,(H2,10,14). The minimum Gasteiger partial charge on any atom is -0.369 e. The Morgan fingerprint density at radius 1 is 1.67 bits per heavy atom. The number of rotatable bonds is 3. The smallest absolute Gasteiger partial charge is 0.224 e. The lowest BCUT2D eigenvalue weighted by Gasteiger charge is -2.36. The Hall–Kier alpha value is -1.14. The van der Waals surface area contributed by atoms with Crippen LogP contribution in [-0.2, 0) is 4.79 Å². The van der Waals surface area contributed by atoms with Crippen LogP contribution in [-0.4, -0.2) is 30.3 Å². The van der Waals surface area contributed by atoms with Crippen LogP contribution in [0.5, 0.6) is 0 Å². The molecule has 0 aliphatic carbocycles. The third kappa shape index (κ3) is 1.82. The number of nitrogens with two attached hydrogens (primary N) is 1. The summed E-state index contributed by atoms with van der Waals surface area (Å²) < 4.78 is 0. The third-order valence-electron chi connectivity index (χ3n) is 2.26. The molecule has 1 aliphatic rings. The van der Waals surface area contributed by atoms with Crippen molar-refractivity contribution in [3.8, 4) is 0 Å². The summed E-state index contributed by atoms with van der Waals surface area (Å²) in [5.74, 6) is -0.420. The molecule has 0 radical (unpaired) electrons. The molecule has 0 unspecified atom stereocenters. The minimum atomic E-state index is -0.301. The zero-order valence-corrected chi connectivity index (χ0v) is 9.22. The number of primary amides is 1. The van der Waals surface area contributed by atoms with Crippen LogP contribution in [0.1, 0.15) is 9.67 Å². The predicted molar refractivity (Wildman–Crippen MR) is 57.4 cm³/mol. The quantitative estimate of drug-likeness (QED) is 0.789. The molecule has 5 nitrogen and oxygen atoms in total. The number of hydrogen-bond donors (Lipinski definition) is 1. The first kappa shape index (κ1) is 10.4. The van der Waals surface area contributed by atoms with Crippen LogP contribution in [0.3, 0.4) is 0 Å². The van der Waals surface area contributed by atoms with Gasteiger partial charge in [0.1, 0.15) is 4.88 Å². The van der Waals surface area contributed by atoms with Crippen molar-refractivity contribution in [3.63, 3.8) is 0 Å². The molecule has 15 heavy (non-hydrogen) atoms. The van der Waals surface area contributed by atoms with Gasteiger partial charge in [0.2, 0.25) is 5.91 Å². The van der Waals surface area contributed by atoms with Crippen molar-refractivity contribution in [2.24, 2.45) is 11.7 Å². The Kier molecular flexibility index (Phi) is 2.62. The van der Waals surface area contributed by atoms with Crippen LogP contribution in [0.4, 0.5) is 5.13 Å². The number of carbonyl (C=O) groups excluding carboxylic acids is 2. The van der Waals surface area contributed by atoms with E-state index in [1.165, 1.54) is 11.3 Å². The number of nitrogens with zero attached hydrogens (tertiary/aromatic N) is 2. The molecule has 2 N–H and O–H groups in total. The highest BCUT2D eigenvalue weighted by Crippen LogP contribution is 2.32. The molecule has 1 amide bonds. The van der Waals surface area contributed by atoms with Crippen LogP contribution < -0.4 is 10.6 Å². The molecule has 7 heteroatoms. The number of aldehydes is 1. The van der Waals surface area contributed by atoms with E-state index < -0.39 is 0 Å². The van der Waals surface area contributed by atoms with E-state index in [9.17, 15) is 9.59 Å². The van der Waals surface area contributed by atoms with Crippen molar-refractivity contribution >= 4 is 40.3 Å². The maximum Gasteiger partial charge on any atom is 0.224 e. The van der Waals surface area contributed by atoms with Gasteiger partial charge in [-0.1, -0.05) is 22.9 Å². The molecular weight excluding hydrogens is 238 g/mol. The second kappa shape index (κ2) is 3.79. The summed E-state index contributed by atoms with van der Waals surface area (Å²) in [6.07, 6.45) is 0.675. The molecule has 80 valence electrons. The Bertz CT molecular complexity index is 414. The first-order valence-corrected chi connectivity index (χ1v) is 5.47. The van der Waals surface area contributed by atoms with Crippen LogP contribution in [0.25, 0.3) is 0 Å². The first-order valence-electron chi connectivity index (χ1n) is 4.27. The van der Waals surface area contributed by atoms with Crippen LogP contribution in [0, 0.1) is 5.92 Å². The molecule has 0 spiro atoms. The summed E-state index contributed by atoms with van der Waals surface area (Å²) in [6.45, 7) is 1.11. The average Bonchev–Trinajstić information content (AvgIpc) is 2.43. The number of carbonyl (C=O) groups is 2. The molecule has 0 saturated carbocycles. The van der Waals surface area contributed by atoms with Gasteiger partial charge in [0, 0.05) is 13.1 Å². The summed E-state index contributed by atoms with van der Waals surface area (Å²) in [6, 6.07) is 0. The molecule has 0 atom stereocenters. The van der Waals surface area contributed by atoms with Crippen LogP contribution >= 0.6 is 22.9 Å². The van der Waals surface area contributed by atoms with E-state index in [2.05, 4.69) is 4.98 Å². The van der Waals surface area contributed by atoms with Gasteiger partial charge in [0.05, 0.1) is 5.92 Å². The number of amides is 1. The van der Waals surface area contributed by atoms with Gasteiger partial charge in [0.25, 0.3) is 0 Å². The van der Waals surface area contributed by atoms with Crippen molar-refractivity contribution in [1.82, 2.24) is 4.98 Å². The summed E-state index contributed by atoms with van der Waals surface area (Å²) in [5, 5.41) is 0.882. The summed E-state index contributed by atoms with van der Waals surface area (Å²) in [5.41, 5.74) is 5.13. The number of aromatic nitrogens is 1. The highest BCUT2D eigenvalue weighted by atomic mass is 35.5. The first-order chi connectivity index (χ1) is 7.11. The lowest BCUT2D eigenvalue weighted by Crippen LogP contribution is -2.52. The van der Waals surface area contributed by atoms with Gasteiger partial charge in [-0.15, -0.1) is 0 Å². The van der Waals surface area contributed by atoms with Gasteiger partial charge in [-0.05, 0) is 0 Å². The van der Waals surface area contributed by atoms with Crippen molar-refractivity contribution in [2.45, 2.75) is 0 Å². The molecule has 0 aromatic carbocycles. The normalized spacial score (nSPS) is 16.2. The zero-order chi connectivity index (χ0) is 11.0. The number of halogens is 1. The Labute approximate surface area is 94.8 Å². The van der Waals surface area contributed by atoms with Gasteiger partial charge in [-0.25, -0.2) is 4.98 Å². The molecule has 1 aliphatic heterocycles. The summed E-state index contributed by atoms with van der Waals surface area (Å²) in [7, 11) is 0. The average molecular weight is 246 g/mol. The van der Waals surface area contributed by atoms with Crippen LogP contribution in [0.2, 0.25) is 5.15 Å². The van der Waals surface area contributed by atoms with Crippen LogP contribution in [0.15, 0.2) is 0 Å². The Morgan fingerprint density at radius 2 is 2.33 bits per heavy atom. The second-order valence-electron chi connectivity index (χ2n) is 3.27. The van der Waals surface area contributed by atoms with E-state index in [4.69, 9.17) is 17.3 Å². The maximum atomic E-state index is 10.8. The fourth-order valence-corrected chi connectivity index (χ4v) is 2.41. The molecule has 1 fully saturated rings. The molecular formula is C8H8ClN3O2S. The lowest BCUT2D eigenvalue weighted by molar-refractivity contribution is -0.122. The summed E-state index contributed by atoms with van der Waals surface area (Å²) in [4.78, 5) is 27.6. The largest absolute Gasteiger partial charge is 0.369 e. The SMILES string of the molecule is NC(=O)C1CN(c2nc(Cl)c(C=O)s2)C1. The molecule has 2 rings (SSSR count). The predicted octanol–water partition coefficient (Wildman–Crippen LogP) is 0.531. The highest BCUT2D eigenvalue weighted by Gasteiger charge is 2.33. The molecule has 0 bridgehead atoms. The second-order valence-corrected chi connectivity index (χ2v) is 4.64. The van der Waals surface area contributed by atoms with E-state index >= 15 is 0 Å². The fraction of sp³-hybridized carbons (Fsp3) is 0.375. The number of hydrogen-bond acceptors (Lipinski definition) is 5. The van der Waals surface area contributed by atoms with E-state index in [1.807, 2.05) is 4.90 Å².